The Kier molecular flexibility index (Phi) is 4.96. The lowest BCUT2D eigenvalue weighted by Gasteiger charge is -2.37. The molecule has 0 spiro atoms. The zero-order valence-electron chi connectivity index (χ0n) is 12.8. The predicted octanol–water partition coefficient (Wildman–Crippen LogP) is 1.78. The van der Waals surface area contributed by atoms with Crippen LogP contribution in [0.3, 0.4) is 0 Å². The molecule has 0 N–H and O–H groups in total. The fraction of sp³-hybridized carbons (Fsp3) is 0.500. The van der Waals surface area contributed by atoms with E-state index in [1.165, 1.54) is 6.92 Å². The number of amides is 1. The summed E-state index contributed by atoms with van der Waals surface area (Å²) in [6, 6.07) is 7.23. The van der Waals surface area contributed by atoms with Crippen molar-refractivity contribution < 1.29 is 14.3 Å². The Bertz CT molecular complexity index is 503. The van der Waals surface area contributed by atoms with Gasteiger partial charge < -0.3 is 9.64 Å². The molecule has 1 aliphatic heterocycles. The first kappa shape index (κ1) is 15.5. The Labute approximate surface area is 125 Å². The third-order valence-corrected chi connectivity index (χ3v) is 3.69. The quantitative estimate of drug-likeness (QED) is 0.629. The first-order valence-corrected chi connectivity index (χ1v) is 7.29. The molecule has 0 unspecified atom stereocenters. The summed E-state index contributed by atoms with van der Waals surface area (Å²) >= 11 is 0. The number of esters is 1. The summed E-state index contributed by atoms with van der Waals surface area (Å²) in [4.78, 5) is 27.5. The maximum Gasteiger partial charge on any atom is 0.308 e. The molecule has 0 bridgehead atoms. The van der Waals surface area contributed by atoms with Crippen LogP contribution in [0.2, 0.25) is 0 Å². The van der Waals surface area contributed by atoms with Gasteiger partial charge in [0.25, 0.3) is 5.91 Å². The Morgan fingerprint density at radius 2 is 1.62 bits per heavy atom. The molecule has 1 aliphatic rings. The van der Waals surface area contributed by atoms with Crippen molar-refractivity contribution in [2.45, 2.75) is 26.8 Å². The van der Waals surface area contributed by atoms with E-state index in [1.807, 2.05) is 4.90 Å². The fourth-order valence-electron chi connectivity index (χ4n) is 2.46. The minimum absolute atomic E-state index is 0.0350. The van der Waals surface area contributed by atoms with Crippen molar-refractivity contribution in [3.63, 3.8) is 0 Å². The zero-order valence-corrected chi connectivity index (χ0v) is 12.8. The molecule has 2 rings (SSSR count). The van der Waals surface area contributed by atoms with Gasteiger partial charge in [0.1, 0.15) is 5.75 Å². The van der Waals surface area contributed by atoms with Gasteiger partial charge >= 0.3 is 5.97 Å². The highest BCUT2D eigenvalue weighted by atomic mass is 16.5. The number of hydrogen-bond donors (Lipinski definition) is 0. The number of hydrogen-bond acceptors (Lipinski definition) is 4. The van der Waals surface area contributed by atoms with Gasteiger partial charge in [0, 0.05) is 44.7 Å². The molecule has 0 saturated carbocycles. The summed E-state index contributed by atoms with van der Waals surface area (Å²) < 4.78 is 4.96. The van der Waals surface area contributed by atoms with Crippen molar-refractivity contribution >= 4 is 11.9 Å². The van der Waals surface area contributed by atoms with E-state index in [1.54, 1.807) is 24.3 Å². The van der Waals surface area contributed by atoms with Crippen molar-refractivity contribution in [3.05, 3.63) is 29.8 Å². The molecule has 1 amide bonds. The van der Waals surface area contributed by atoms with Crippen molar-refractivity contribution in [2.24, 2.45) is 0 Å². The van der Waals surface area contributed by atoms with Crippen LogP contribution in [0.4, 0.5) is 0 Å². The van der Waals surface area contributed by atoms with E-state index < -0.39 is 0 Å². The standard InChI is InChI=1S/C16H22N2O3/c1-12(2)17-8-10-18(11-9-17)16(20)14-4-6-15(7-5-14)21-13(3)19/h4-7,12H,8-11H2,1-3H3. The van der Waals surface area contributed by atoms with Crippen molar-refractivity contribution in [1.82, 2.24) is 9.80 Å². The minimum atomic E-state index is -0.362. The maximum atomic E-state index is 12.4. The average molecular weight is 290 g/mol. The first-order valence-electron chi connectivity index (χ1n) is 7.29. The molecule has 1 fully saturated rings. The smallest absolute Gasteiger partial charge is 0.308 e. The maximum absolute atomic E-state index is 12.4. The van der Waals surface area contributed by atoms with Crippen LogP contribution in [0.1, 0.15) is 31.1 Å². The van der Waals surface area contributed by atoms with Crippen molar-refractivity contribution in [2.75, 3.05) is 26.2 Å². The van der Waals surface area contributed by atoms with Crippen LogP contribution in [0.15, 0.2) is 24.3 Å². The summed E-state index contributed by atoms with van der Waals surface area (Å²) in [5.74, 6) is 0.135. The first-order chi connectivity index (χ1) is 9.97. The van der Waals surface area contributed by atoms with E-state index in [2.05, 4.69) is 18.7 Å². The van der Waals surface area contributed by atoms with Gasteiger partial charge in [-0.25, -0.2) is 0 Å². The molecule has 0 aromatic heterocycles. The van der Waals surface area contributed by atoms with Gasteiger partial charge in [0.05, 0.1) is 0 Å². The van der Waals surface area contributed by atoms with Crippen LogP contribution >= 0.6 is 0 Å². The number of benzene rings is 1. The fourth-order valence-corrected chi connectivity index (χ4v) is 2.46. The summed E-state index contributed by atoms with van der Waals surface area (Å²) in [6.07, 6.45) is 0. The lowest BCUT2D eigenvalue weighted by molar-refractivity contribution is -0.131. The Morgan fingerprint density at radius 3 is 2.10 bits per heavy atom. The summed E-state index contributed by atoms with van der Waals surface area (Å²) in [5.41, 5.74) is 0.629. The van der Waals surface area contributed by atoms with Gasteiger partial charge in [-0.3, -0.25) is 14.5 Å². The molecule has 5 nitrogen and oxygen atoms in total. The van der Waals surface area contributed by atoms with Crippen LogP contribution in [0.25, 0.3) is 0 Å². The molecule has 21 heavy (non-hydrogen) atoms. The summed E-state index contributed by atoms with van der Waals surface area (Å²) in [7, 11) is 0. The molecular weight excluding hydrogens is 268 g/mol. The largest absolute Gasteiger partial charge is 0.427 e. The monoisotopic (exact) mass is 290 g/mol. The lowest BCUT2D eigenvalue weighted by Crippen LogP contribution is -2.50. The molecule has 0 radical (unpaired) electrons. The van der Waals surface area contributed by atoms with E-state index in [0.717, 1.165) is 26.2 Å². The topological polar surface area (TPSA) is 49.9 Å². The second-order valence-corrected chi connectivity index (χ2v) is 5.54. The second-order valence-electron chi connectivity index (χ2n) is 5.54. The van der Waals surface area contributed by atoms with E-state index in [0.29, 0.717) is 17.4 Å². The van der Waals surface area contributed by atoms with Crippen molar-refractivity contribution in [1.29, 1.82) is 0 Å². The molecule has 1 aromatic rings. The van der Waals surface area contributed by atoms with Crippen LogP contribution < -0.4 is 4.74 Å². The number of carbonyl (C=O) groups is 2. The molecule has 114 valence electrons. The van der Waals surface area contributed by atoms with E-state index >= 15 is 0 Å². The van der Waals surface area contributed by atoms with Gasteiger partial charge in [0.2, 0.25) is 0 Å². The molecule has 0 atom stereocenters. The molecule has 1 saturated heterocycles. The van der Waals surface area contributed by atoms with E-state index in [9.17, 15) is 9.59 Å². The van der Waals surface area contributed by atoms with Gasteiger partial charge in [-0.15, -0.1) is 0 Å². The van der Waals surface area contributed by atoms with E-state index in [-0.39, 0.29) is 11.9 Å². The molecule has 5 heteroatoms. The highest BCUT2D eigenvalue weighted by molar-refractivity contribution is 5.94. The predicted molar refractivity (Wildman–Crippen MR) is 80.4 cm³/mol. The van der Waals surface area contributed by atoms with Gasteiger partial charge in [-0.05, 0) is 38.1 Å². The molecule has 1 aromatic carbocycles. The molecule has 1 heterocycles. The Morgan fingerprint density at radius 1 is 1.05 bits per heavy atom. The summed E-state index contributed by atoms with van der Waals surface area (Å²) in [6.45, 7) is 9.03. The van der Waals surface area contributed by atoms with Crippen LogP contribution in [0.5, 0.6) is 5.75 Å². The summed E-state index contributed by atoms with van der Waals surface area (Å²) in [5, 5.41) is 0. The second kappa shape index (κ2) is 6.72. The number of piperazine rings is 1. The molecular formula is C16H22N2O3. The van der Waals surface area contributed by atoms with Gasteiger partial charge in [-0.2, -0.15) is 0 Å². The van der Waals surface area contributed by atoms with Crippen LogP contribution in [-0.4, -0.2) is 53.9 Å². The lowest BCUT2D eigenvalue weighted by atomic mass is 10.1. The average Bonchev–Trinajstić information content (AvgIpc) is 2.47. The number of ether oxygens (including phenoxy) is 1. The SMILES string of the molecule is CC(=O)Oc1ccc(C(=O)N2CCN(C(C)C)CC2)cc1. The van der Waals surface area contributed by atoms with Crippen LogP contribution in [-0.2, 0) is 4.79 Å². The number of carbonyl (C=O) groups excluding carboxylic acids is 2. The Balaban J connectivity index is 1.96. The normalized spacial score (nSPS) is 16.1. The highest BCUT2D eigenvalue weighted by Crippen LogP contribution is 2.15. The Hall–Kier alpha value is -1.88. The van der Waals surface area contributed by atoms with E-state index in [4.69, 9.17) is 4.74 Å². The zero-order chi connectivity index (χ0) is 15.4. The van der Waals surface area contributed by atoms with Crippen molar-refractivity contribution in [3.8, 4) is 5.75 Å². The molecule has 0 aliphatic carbocycles. The van der Waals surface area contributed by atoms with Gasteiger partial charge in [-0.1, -0.05) is 0 Å². The van der Waals surface area contributed by atoms with Crippen LogP contribution in [0, 0.1) is 0 Å². The third kappa shape index (κ3) is 4.04. The third-order valence-electron chi connectivity index (χ3n) is 3.69. The van der Waals surface area contributed by atoms with Gasteiger partial charge in [0.15, 0.2) is 0 Å². The highest BCUT2D eigenvalue weighted by Gasteiger charge is 2.23. The number of rotatable bonds is 3. The minimum Gasteiger partial charge on any atom is -0.427 e. The number of nitrogens with zero attached hydrogens (tertiary/aromatic N) is 2.